The first-order valence-electron chi connectivity index (χ1n) is 9.56. The lowest BCUT2D eigenvalue weighted by atomic mass is 9.97. The highest BCUT2D eigenvalue weighted by Crippen LogP contribution is 2.28. The molecular weight excluding hydrogens is 371 g/mol. The summed E-state index contributed by atoms with van der Waals surface area (Å²) in [5, 5.41) is 18.4. The molecule has 7 nitrogen and oxygen atoms in total. The molecule has 0 saturated carbocycles. The summed E-state index contributed by atoms with van der Waals surface area (Å²) in [5.74, 6) is 0.494. The number of aliphatic hydroxyl groups excluding tert-OH is 1. The van der Waals surface area contributed by atoms with Crippen LogP contribution >= 0.6 is 0 Å². The molecule has 4 rings (SSSR count). The second kappa shape index (κ2) is 7.36. The van der Waals surface area contributed by atoms with E-state index in [1.807, 2.05) is 24.0 Å². The number of hydrogen-bond donors (Lipinski definition) is 3. The van der Waals surface area contributed by atoms with Crippen molar-refractivity contribution in [2.75, 3.05) is 30.8 Å². The molecule has 4 N–H and O–H groups in total. The molecule has 3 heterocycles. The summed E-state index contributed by atoms with van der Waals surface area (Å²) in [5.41, 5.74) is 8.35. The minimum absolute atomic E-state index is 0.118. The molecule has 2 atom stereocenters. The second-order valence-corrected chi connectivity index (χ2v) is 7.67. The molecule has 0 spiro atoms. The number of halogens is 1. The van der Waals surface area contributed by atoms with Crippen molar-refractivity contribution >= 4 is 29.0 Å². The zero-order valence-corrected chi connectivity index (χ0v) is 16.4. The highest BCUT2D eigenvalue weighted by atomic mass is 19.1. The number of hydrogen-bond acceptors (Lipinski definition) is 6. The summed E-state index contributed by atoms with van der Waals surface area (Å²) in [4.78, 5) is 10.6. The second-order valence-electron chi connectivity index (χ2n) is 7.67. The lowest BCUT2D eigenvalue weighted by Gasteiger charge is -2.19. The number of nitrogens with two attached hydrogens (primary N) is 1. The lowest BCUT2D eigenvalue weighted by molar-refractivity contribution is -0.423. The largest absolute Gasteiger partial charge is 0.398 e. The predicted molar refractivity (Wildman–Crippen MR) is 111 cm³/mol. The molecule has 8 heteroatoms. The molecule has 1 aromatic heterocycles. The number of benzene rings is 1. The molecule has 150 valence electrons. The van der Waals surface area contributed by atoms with Gasteiger partial charge in [-0.3, -0.25) is 5.41 Å². The lowest BCUT2D eigenvalue weighted by Crippen LogP contribution is -2.25. The monoisotopic (exact) mass is 395 g/mol. The fourth-order valence-corrected chi connectivity index (χ4v) is 3.78. The van der Waals surface area contributed by atoms with E-state index in [1.54, 1.807) is 19.1 Å². The summed E-state index contributed by atoms with van der Waals surface area (Å²) >= 11 is 0. The minimum atomic E-state index is -0.417. The Bertz CT molecular complexity index is 1050. The van der Waals surface area contributed by atoms with Gasteiger partial charge in [-0.15, -0.1) is 0 Å². The van der Waals surface area contributed by atoms with Crippen LogP contribution < -0.4 is 10.6 Å². The van der Waals surface area contributed by atoms with Gasteiger partial charge in [-0.2, -0.15) is 0 Å². The van der Waals surface area contributed by atoms with Crippen molar-refractivity contribution in [3.05, 3.63) is 53.4 Å². The summed E-state index contributed by atoms with van der Waals surface area (Å²) in [6, 6.07) is 4.60. The molecule has 0 radical (unpaired) electrons. The van der Waals surface area contributed by atoms with E-state index in [0.29, 0.717) is 29.2 Å². The van der Waals surface area contributed by atoms with E-state index < -0.39 is 5.82 Å². The first kappa shape index (κ1) is 19.2. The number of aromatic nitrogens is 2. The van der Waals surface area contributed by atoms with Crippen molar-refractivity contribution in [2.45, 2.75) is 19.4 Å². The predicted octanol–water partition coefficient (Wildman–Crippen LogP) is 1.89. The molecular formula is C21H24FN6O+. The highest BCUT2D eigenvalue weighted by Gasteiger charge is 2.27. The first-order valence-corrected chi connectivity index (χ1v) is 9.56. The minimum Gasteiger partial charge on any atom is -0.398 e. The molecule has 0 bridgehead atoms. The van der Waals surface area contributed by atoms with E-state index >= 15 is 0 Å². The van der Waals surface area contributed by atoms with Gasteiger partial charge in [0.05, 0.1) is 17.5 Å². The van der Waals surface area contributed by atoms with Crippen molar-refractivity contribution in [1.82, 2.24) is 9.97 Å². The normalized spacial score (nSPS) is 19.4. The van der Waals surface area contributed by atoms with Crippen LogP contribution in [0.15, 0.2) is 30.7 Å². The molecule has 1 saturated heterocycles. The van der Waals surface area contributed by atoms with E-state index in [-0.39, 0.29) is 23.4 Å². The van der Waals surface area contributed by atoms with Gasteiger partial charge in [0.2, 0.25) is 0 Å². The van der Waals surface area contributed by atoms with Gasteiger partial charge in [0, 0.05) is 41.9 Å². The molecule has 1 aromatic carbocycles. The van der Waals surface area contributed by atoms with Crippen LogP contribution in [0.2, 0.25) is 0 Å². The van der Waals surface area contributed by atoms with E-state index in [9.17, 15) is 9.50 Å². The van der Waals surface area contributed by atoms with Crippen LogP contribution in [0.5, 0.6) is 0 Å². The van der Waals surface area contributed by atoms with E-state index in [0.717, 1.165) is 18.5 Å². The van der Waals surface area contributed by atoms with Crippen LogP contribution in [-0.2, 0) is 0 Å². The quantitative estimate of drug-likeness (QED) is 0.408. The molecule has 0 amide bonds. The number of anilines is 2. The third kappa shape index (κ3) is 3.63. The van der Waals surface area contributed by atoms with Crippen LogP contribution in [-0.4, -0.2) is 57.8 Å². The van der Waals surface area contributed by atoms with Crippen LogP contribution in [0.4, 0.5) is 15.9 Å². The maximum absolute atomic E-state index is 14.4. The van der Waals surface area contributed by atoms with E-state index in [4.69, 9.17) is 11.1 Å². The number of allylic oxidation sites excluding steroid dienone is 1. The zero-order valence-electron chi connectivity index (χ0n) is 16.4. The van der Waals surface area contributed by atoms with Crippen molar-refractivity contribution in [2.24, 2.45) is 5.92 Å². The molecule has 1 fully saturated rings. The van der Waals surface area contributed by atoms with Gasteiger partial charge in [0.25, 0.3) is 0 Å². The van der Waals surface area contributed by atoms with E-state index in [1.165, 1.54) is 12.4 Å². The Morgan fingerprint density at radius 3 is 2.79 bits per heavy atom. The van der Waals surface area contributed by atoms with Crippen LogP contribution in [0.25, 0.3) is 5.57 Å². The van der Waals surface area contributed by atoms with E-state index in [2.05, 4.69) is 14.9 Å². The van der Waals surface area contributed by atoms with Crippen molar-refractivity contribution in [3.63, 3.8) is 0 Å². The third-order valence-corrected chi connectivity index (χ3v) is 5.54. The molecule has 0 aliphatic carbocycles. The summed E-state index contributed by atoms with van der Waals surface area (Å²) in [6.45, 7) is 3.30. The van der Waals surface area contributed by atoms with Crippen molar-refractivity contribution in [1.29, 1.82) is 5.41 Å². The Morgan fingerprint density at radius 2 is 2.14 bits per heavy atom. The number of rotatable bonds is 5. The zero-order chi connectivity index (χ0) is 20.7. The van der Waals surface area contributed by atoms with Gasteiger partial charge in [-0.1, -0.05) is 0 Å². The van der Waals surface area contributed by atoms with Crippen molar-refractivity contribution in [3.8, 4) is 0 Å². The Morgan fingerprint density at radius 1 is 1.38 bits per heavy atom. The fourth-order valence-electron chi connectivity index (χ4n) is 3.78. The SMILES string of the molecule is CC(O)C1CCN(c2cc(C(=N)c3cc(C4=C[N+](C)=C4)c(F)cc3N)ncn2)C1. The maximum Gasteiger partial charge on any atom is 0.182 e. The van der Waals surface area contributed by atoms with Crippen LogP contribution in [0, 0.1) is 17.1 Å². The van der Waals surface area contributed by atoms with Gasteiger partial charge >= 0.3 is 0 Å². The van der Waals surface area contributed by atoms with Gasteiger partial charge in [-0.25, -0.2) is 18.9 Å². The van der Waals surface area contributed by atoms with Gasteiger partial charge < -0.3 is 15.7 Å². The Kier molecular flexibility index (Phi) is 4.87. The fraction of sp³-hybridized carbons (Fsp3) is 0.333. The van der Waals surface area contributed by atoms with Crippen molar-refractivity contribution < 1.29 is 14.1 Å². The number of nitrogens with zero attached hydrogens (tertiary/aromatic N) is 4. The van der Waals surface area contributed by atoms with Gasteiger partial charge in [0.1, 0.15) is 30.6 Å². The Labute approximate surface area is 168 Å². The summed E-state index contributed by atoms with van der Waals surface area (Å²) in [6.07, 6.45) is 5.58. The number of aliphatic hydroxyl groups is 1. The van der Waals surface area contributed by atoms with Crippen LogP contribution in [0.1, 0.15) is 30.2 Å². The molecule has 2 aromatic rings. The average Bonchev–Trinajstić information content (AvgIpc) is 3.16. The van der Waals surface area contributed by atoms with Gasteiger partial charge in [-0.05, 0) is 25.5 Å². The summed E-state index contributed by atoms with van der Waals surface area (Å²) in [7, 11) is 1.87. The average molecular weight is 395 g/mol. The molecule has 2 unspecified atom stereocenters. The Hall–Kier alpha value is -3.13. The molecule has 29 heavy (non-hydrogen) atoms. The Balaban J connectivity index is 1.62. The van der Waals surface area contributed by atoms with Crippen LogP contribution in [0.3, 0.4) is 0 Å². The summed E-state index contributed by atoms with van der Waals surface area (Å²) < 4.78 is 16.2. The van der Waals surface area contributed by atoms with Gasteiger partial charge in [0.15, 0.2) is 12.4 Å². The highest BCUT2D eigenvalue weighted by molar-refractivity contribution is 6.15. The topological polar surface area (TPSA) is 102 Å². The standard InChI is InChI=1S/C21H24FN6O/c1-12(29)13-3-4-28(10-13)20-7-19(25-11-26-20)21(24)16-5-15(14-8-27(2)9-14)17(22)6-18(16)23/h5-9,11-13,24,29H,3-4,10,23H2,1-2H3/q+1. The molecule has 2 aliphatic heterocycles. The smallest absolute Gasteiger partial charge is 0.182 e. The number of nitrogens with one attached hydrogen (secondary N) is 1. The molecule has 2 aliphatic rings. The number of nitrogen functional groups attached to an aromatic ring is 1. The maximum atomic E-state index is 14.4. The third-order valence-electron chi connectivity index (χ3n) is 5.54. The first-order chi connectivity index (χ1) is 13.8.